The lowest BCUT2D eigenvalue weighted by Gasteiger charge is -2.27. The molecule has 1 saturated heterocycles. The van der Waals surface area contributed by atoms with Gasteiger partial charge in [-0.25, -0.2) is 0 Å². The Kier molecular flexibility index (Phi) is 3.00. The highest BCUT2D eigenvalue weighted by Crippen LogP contribution is 2.13. The van der Waals surface area contributed by atoms with Crippen molar-refractivity contribution in [3.63, 3.8) is 0 Å². The zero-order valence-electron chi connectivity index (χ0n) is 7.37. The van der Waals surface area contributed by atoms with Crippen LogP contribution in [-0.2, 0) is 0 Å². The molecule has 0 bridgehead atoms. The summed E-state index contributed by atoms with van der Waals surface area (Å²) in [6.45, 7) is 3.55. The highest BCUT2D eigenvalue weighted by atomic mass is 35.5. The quantitative estimate of drug-likeness (QED) is 0.770. The van der Waals surface area contributed by atoms with E-state index in [1.165, 1.54) is 0 Å². The number of halogens is 2. The van der Waals surface area contributed by atoms with Crippen LogP contribution in [0.5, 0.6) is 0 Å². The summed E-state index contributed by atoms with van der Waals surface area (Å²) in [5.41, 5.74) is 0. The van der Waals surface area contributed by atoms with Gasteiger partial charge in [0.15, 0.2) is 0 Å². The van der Waals surface area contributed by atoms with Crippen molar-refractivity contribution in [1.82, 2.24) is 20.3 Å². The molecule has 1 aliphatic heterocycles. The van der Waals surface area contributed by atoms with Crippen molar-refractivity contribution in [2.45, 2.75) is 0 Å². The Morgan fingerprint density at radius 2 is 1.57 bits per heavy atom. The highest BCUT2D eigenvalue weighted by molar-refractivity contribution is 6.31. The molecular weight excluding hydrogens is 225 g/mol. The van der Waals surface area contributed by atoms with Crippen molar-refractivity contribution in [3.05, 3.63) is 10.6 Å². The van der Waals surface area contributed by atoms with E-state index in [9.17, 15) is 0 Å². The van der Waals surface area contributed by atoms with E-state index in [0.717, 1.165) is 26.2 Å². The Labute approximate surface area is 91.5 Å². The molecule has 14 heavy (non-hydrogen) atoms. The molecule has 0 amide bonds. The standard InChI is InChI=1S/C7H9Cl2N5/c8-5-11-6(9)13-7(12-5)14-3-1-10-2-4-14/h10H,1-4H2. The molecule has 0 radical (unpaired) electrons. The van der Waals surface area contributed by atoms with E-state index in [1.807, 2.05) is 4.90 Å². The molecule has 1 aromatic heterocycles. The van der Waals surface area contributed by atoms with E-state index in [0.29, 0.717) is 5.95 Å². The number of nitrogens with one attached hydrogen (secondary N) is 1. The monoisotopic (exact) mass is 233 g/mol. The molecule has 2 heterocycles. The number of aromatic nitrogens is 3. The first-order valence-electron chi connectivity index (χ1n) is 4.28. The molecule has 0 atom stereocenters. The van der Waals surface area contributed by atoms with Gasteiger partial charge >= 0.3 is 0 Å². The number of hydrogen-bond donors (Lipinski definition) is 1. The van der Waals surface area contributed by atoms with Gasteiger partial charge in [-0.1, -0.05) is 0 Å². The third-order valence-electron chi connectivity index (χ3n) is 1.97. The van der Waals surface area contributed by atoms with Gasteiger partial charge in [-0.05, 0) is 23.2 Å². The van der Waals surface area contributed by atoms with Crippen LogP contribution in [0, 0.1) is 0 Å². The molecule has 0 saturated carbocycles. The van der Waals surface area contributed by atoms with Gasteiger partial charge in [-0.2, -0.15) is 15.0 Å². The summed E-state index contributed by atoms with van der Waals surface area (Å²) in [4.78, 5) is 13.7. The lowest BCUT2D eigenvalue weighted by Crippen LogP contribution is -2.44. The molecule has 5 nitrogen and oxygen atoms in total. The maximum absolute atomic E-state index is 5.68. The topological polar surface area (TPSA) is 53.9 Å². The number of nitrogens with zero attached hydrogens (tertiary/aromatic N) is 4. The largest absolute Gasteiger partial charge is 0.338 e. The van der Waals surface area contributed by atoms with E-state index < -0.39 is 0 Å². The van der Waals surface area contributed by atoms with Crippen LogP contribution in [-0.4, -0.2) is 41.1 Å². The molecule has 1 aromatic rings. The van der Waals surface area contributed by atoms with E-state index in [4.69, 9.17) is 23.2 Å². The lowest BCUT2D eigenvalue weighted by molar-refractivity contribution is 0.579. The lowest BCUT2D eigenvalue weighted by atomic mass is 10.4. The van der Waals surface area contributed by atoms with Gasteiger partial charge in [0.2, 0.25) is 16.5 Å². The molecule has 1 fully saturated rings. The zero-order chi connectivity index (χ0) is 9.97. The summed E-state index contributed by atoms with van der Waals surface area (Å²) in [5, 5.41) is 3.51. The summed E-state index contributed by atoms with van der Waals surface area (Å²) in [7, 11) is 0. The third-order valence-corrected chi connectivity index (χ3v) is 2.31. The second kappa shape index (κ2) is 4.25. The predicted octanol–water partition coefficient (Wildman–Crippen LogP) is 0.588. The first-order valence-corrected chi connectivity index (χ1v) is 5.04. The Morgan fingerprint density at radius 3 is 2.14 bits per heavy atom. The van der Waals surface area contributed by atoms with E-state index >= 15 is 0 Å². The zero-order valence-corrected chi connectivity index (χ0v) is 8.89. The molecule has 7 heteroatoms. The molecule has 1 aliphatic rings. The van der Waals surface area contributed by atoms with Crippen LogP contribution in [0.1, 0.15) is 0 Å². The second-order valence-corrected chi connectivity index (χ2v) is 3.59. The van der Waals surface area contributed by atoms with Gasteiger partial charge in [0.1, 0.15) is 0 Å². The van der Waals surface area contributed by atoms with Crippen molar-refractivity contribution in [3.8, 4) is 0 Å². The van der Waals surface area contributed by atoms with Gasteiger partial charge in [0, 0.05) is 26.2 Å². The summed E-state index contributed by atoms with van der Waals surface area (Å²) < 4.78 is 0. The first-order chi connectivity index (χ1) is 6.75. The van der Waals surface area contributed by atoms with E-state index in [-0.39, 0.29) is 10.6 Å². The molecule has 0 aliphatic carbocycles. The Balaban J connectivity index is 2.21. The minimum atomic E-state index is 0.138. The van der Waals surface area contributed by atoms with Crippen molar-refractivity contribution < 1.29 is 0 Å². The molecule has 0 unspecified atom stereocenters. The summed E-state index contributed by atoms with van der Waals surface area (Å²) in [6.07, 6.45) is 0. The Bertz CT molecular complexity index is 306. The fourth-order valence-electron chi connectivity index (χ4n) is 1.32. The first kappa shape index (κ1) is 9.89. The van der Waals surface area contributed by atoms with Crippen LogP contribution >= 0.6 is 23.2 Å². The maximum Gasteiger partial charge on any atom is 0.231 e. The molecule has 76 valence electrons. The van der Waals surface area contributed by atoms with Gasteiger partial charge in [0.25, 0.3) is 0 Å². The minimum absolute atomic E-state index is 0.138. The van der Waals surface area contributed by atoms with Gasteiger partial charge in [-0.15, -0.1) is 0 Å². The smallest absolute Gasteiger partial charge is 0.231 e. The van der Waals surface area contributed by atoms with Crippen LogP contribution < -0.4 is 10.2 Å². The van der Waals surface area contributed by atoms with Crippen molar-refractivity contribution >= 4 is 29.2 Å². The number of piperazine rings is 1. The fraction of sp³-hybridized carbons (Fsp3) is 0.571. The van der Waals surface area contributed by atoms with Crippen molar-refractivity contribution in [2.75, 3.05) is 31.1 Å². The van der Waals surface area contributed by atoms with Crippen LogP contribution in [0.25, 0.3) is 0 Å². The number of rotatable bonds is 1. The Morgan fingerprint density at radius 1 is 1.00 bits per heavy atom. The average Bonchev–Trinajstić information content (AvgIpc) is 2.18. The molecule has 0 aromatic carbocycles. The highest BCUT2D eigenvalue weighted by Gasteiger charge is 2.14. The van der Waals surface area contributed by atoms with Crippen LogP contribution in [0.2, 0.25) is 10.6 Å². The molecular formula is C7H9Cl2N5. The normalized spacial score (nSPS) is 17.1. The van der Waals surface area contributed by atoms with Crippen molar-refractivity contribution in [2.24, 2.45) is 0 Å². The molecule has 2 rings (SSSR count). The summed E-state index contributed by atoms with van der Waals surface area (Å²) in [6, 6.07) is 0. The average molecular weight is 234 g/mol. The molecule has 0 spiro atoms. The van der Waals surface area contributed by atoms with Gasteiger partial charge in [0.05, 0.1) is 0 Å². The van der Waals surface area contributed by atoms with Gasteiger partial charge < -0.3 is 10.2 Å². The summed E-state index contributed by atoms with van der Waals surface area (Å²) in [5.74, 6) is 0.552. The maximum atomic E-state index is 5.68. The van der Waals surface area contributed by atoms with Crippen LogP contribution in [0.4, 0.5) is 5.95 Å². The summed E-state index contributed by atoms with van der Waals surface area (Å²) >= 11 is 11.4. The SMILES string of the molecule is Clc1nc(Cl)nc(N2CCNCC2)n1. The van der Waals surface area contributed by atoms with Crippen LogP contribution in [0.3, 0.4) is 0 Å². The predicted molar refractivity (Wildman–Crippen MR) is 54.9 cm³/mol. The van der Waals surface area contributed by atoms with Crippen molar-refractivity contribution in [1.29, 1.82) is 0 Å². The van der Waals surface area contributed by atoms with E-state index in [1.54, 1.807) is 0 Å². The fourth-order valence-corrected chi connectivity index (χ4v) is 1.68. The number of anilines is 1. The third kappa shape index (κ3) is 2.23. The molecule has 1 N–H and O–H groups in total. The van der Waals surface area contributed by atoms with E-state index in [2.05, 4.69) is 20.3 Å². The second-order valence-electron chi connectivity index (χ2n) is 2.91. The van der Waals surface area contributed by atoms with Crippen LogP contribution in [0.15, 0.2) is 0 Å². The number of hydrogen-bond acceptors (Lipinski definition) is 5. The minimum Gasteiger partial charge on any atom is -0.338 e. The van der Waals surface area contributed by atoms with Gasteiger partial charge in [-0.3, -0.25) is 0 Å². The Hall–Kier alpha value is -0.650.